The molecule has 0 aliphatic carbocycles. The van der Waals surface area contributed by atoms with Crippen molar-refractivity contribution in [2.45, 2.75) is 18.4 Å². The minimum atomic E-state index is -3.16. The first-order valence-electron chi connectivity index (χ1n) is 5.93. The van der Waals surface area contributed by atoms with Gasteiger partial charge < -0.3 is 5.11 Å². The van der Waals surface area contributed by atoms with E-state index in [1.807, 2.05) is 25.1 Å². The molecule has 0 heterocycles. The van der Waals surface area contributed by atoms with Gasteiger partial charge in [0, 0.05) is 6.26 Å². The minimum Gasteiger partial charge on any atom is -0.392 e. The van der Waals surface area contributed by atoms with Gasteiger partial charge >= 0.3 is 0 Å². The summed E-state index contributed by atoms with van der Waals surface area (Å²) in [5, 5.41) is 9.26. The van der Waals surface area contributed by atoms with Crippen molar-refractivity contribution in [1.82, 2.24) is 0 Å². The Balaban J connectivity index is 2.49. The molecule has 0 saturated heterocycles. The van der Waals surface area contributed by atoms with Crippen LogP contribution in [0.5, 0.6) is 0 Å². The Kier molecular flexibility index (Phi) is 3.73. The summed E-state index contributed by atoms with van der Waals surface area (Å²) in [7, 11) is -3.16. The molecule has 3 nitrogen and oxygen atoms in total. The molecular weight excluding hydrogens is 260 g/mol. The summed E-state index contributed by atoms with van der Waals surface area (Å²) < 4.78 is 22.8. The van der Waals surface area contributed by atoms with Crippen molar-refractivity contribution >= 4 is 9.84 Å². The predicted octanol–water partition coefficient (Wildman–Crippen LogP) is 2.56. The van der Waals surface area contributed by atoms with Crippen LogP contribution in [-0.2, 0) is 16.4 Å². The maximum Gasteiger partial charge on any atom is 0.175 e. The van der Waals surface area contributed by atoms with Crippen LogP contribution in [0, 0.1) is 6.92 Å². The monoisotopic (exact) mass is 276 g/mol. The molecule has 2 aromatic carbocycles. The normalized spacial score (nSPS) is 11.5. The van der Waals surface area contributed by atoms with Gasteiger partial charge in [-0.1, -0.05) is 30.3 Å². The van der Waals surface area contributed by atoms with E-state index in [9.17, 15) is 13.5 Å². The van der Waals surface area contributed by atoms with Crippen molar-refractivity contribution in [3.05, 3.63) is 53.6 Å². The van der Waals surface area contributed by atoms with Crippen molar-refractivity contribution < 1.29 is 13.5 Å². The number of hydrogen-bond donors (Lipinski definition) is 1. The van der Waals surface area contributed by atoms with E-state index in [2.05, 4.69) is 0 Å². The fraction of sp³-hybridized carbons (Fsp3) is 0.200. The van der Waals surface area contributed by atoms with Crippen molar-refractivity contribution in [2.75, 3.05) is 6.26 Å². The second-order valence-electron chi connectivity index (χ2n) is 4.54. The Morgan fingerprint density at radius 3 is 2.21 bits per heavy atom. The molecule has 2 rings (SSSR count). The number of benzene rings is 2. The number of aliphatic hydroxyl groups is 1. The Hall–Kier alpha value is -1.65. The van der Waals surface area contributed by atoms with Crippen molar-refractivity contribution in [2.24, 2.45) is 0 Å². The highest BCUT2D eigenvalue weighted by atomic mass is 32.2. The average molecular weight is 276 g/mol. The fourth-order valence-corrected chi connectivity index (χ4v) is 2.68. The Morgan fingerprint density at radius 2 is 1.68 bits per heavy atom. The summed E-state index contributed by atoms with van der Waals surface area (Å²) in [6.45, 7) is 1.95. The molecule has 100 valence electrons. The summed E-state index contributed by atoms with van der Waals surface area (Å²) in [6.07, 6.45) is 1.19. The second-order valence-corrected chi connectivity index (χ2v) is 6.56. The van der Waals surface area contributed by atoms with Gasteiger partial charge in [0.25, 0.3) is 0 Å². The zero-order valence-electron chi connectivity index (χ0n) is 10.9. The molecule has 0 spiro atoms. The van der Waals surface area contributed by atoms with Gasteiger partial charge in [-0.05, 0) is 41.3 Å². The molecule has 1 N–H and O–H groups in total. The zero-order chi connectivity index (χ0) is 14.0. The van der Waals surface area contributed by atoms with Gasteiger partial charge in [0.15, 0.2) is 9.84 Å². The second kappa shape index (κ2) is 5.15. The molecule has 0 unspecified atom stereocenters. The predicted molar refractivity (Wildman–Crippen MR) is 75.6 cm³/mol. The summed E-state index contributed by atoms with van der Waals surface area (Å²) in [5.74, 6) is 0. The van der Waals surface area contributed by atoms with Crippen LogP contribution in [0.4, 0.5) is 0 Å². The SMILES string of the molecule is Cc1c(CO)cccc1-c1ccc(S(C)(=O)=O)cc1. The first-order valence-corrected chi connectivity index (χ1v) is 7.82. The van der Waals surface area contributed by atoms with Gasteiger partial charge in [-0.25, -0.2) is 8.42 Å². The maximum atomic E-state index is 11.4. The van der Waals surface area contributed by atoms with Crippen LogP contribution >= 0.6 is 0 Å². The lowest BCUT2D eigenvalue weighted by Gasteiger charge is -2.10. The highest BCUT2D eigenvalue weighted by Gasteiger charge is 2.09. The Bertz CT molecular complexity index is 686. The topological polar surface area (TPSA) is 54.4 Å². The summed E-state index contributed by atoms with van der Waals surface area (Å²) in [6, 6.07) is 12.5. The lowest BCUT2D eigenvalue weighted by molar-refractivity contribution is 0.281. The van der Waals surface area contributed by atoms with Gasteiger partial charge in [0.05, 0.1) is 11.5 Å². The van der Waals surface area contributed by atoms with Crippen molar-refractivity contribution in [3.63, 3.8) is 0 Å². The summed E-state index contributed by atoms with van der Waals surface area (Å²) >= 11 is 0. The minimum absolute atomic E-state index is 0.00109. The first kappa shape index (κ1) is 13.8. The third kappa shape index (κ3) is 2.85. The number of aliphatic hydroxyl groups excluding tert-OH is 1. The number of rotatable bonds is 3. The fourth-order valence-electron chi connectivity index (χ4n) is 2.05. The standard InChI is InChI=1S/C15H16O3S/c1-11-13(10-16)4-3-5-15(11)12-6-8-14(9-7-12)19(2,17)18/h3-9,16H,10H2,1-2H3. The molecule has 0 bridgehead atoms. The smallest absolute Gasteiger partial charge is 0.175 e. The van der Waals surface area contributed by atoms with Crippen molar-refractivity contribution in [1.29, 1.82) is 0 Å². The third-order valence-corrected chi connectivity index (χ3v) is 4.34. The van der Waals surface area contributed by atoms with Crippen LogP contribution in [0.1, 0.15) is 11.1 Å². The number of sulfone groups is 1. The Morgan fingerprint density at radius 1 is 1.05 bits per heavy atom. The van der Waals surface area contributed by atoms with Gasteiger partial charge in [-0.3, -0.25) is 0 Å². The molecule has 0 atom stereocenters. The van der Waals surface area contributed by atoms with E-state index in [1.54, 1.807) is 24.3 Å². The van der Waals surface area contributed by atoms with Gasteiger partial charge in [-0.2, -0.15) is 0 Å². The zero-order valence-corrected chi connectivity index (χ0v) is 11.7. The lowest BCUT2D eigenvalue weighted by atomic mass is 9.97. The van der Waals surface area contributed by atoms with E-state index < -0.39 is 9.84 Å². The van der Waals surface area contributed by atoms with Crippen LogP contribution in [0.25, 0.3) is 11.1 Å². The highest BCUT2D eigenvalue weighted by molar-refractivity contribution is 7.90. The molecule has 4 heteroatoms. The van der Waals surface area contributed by atoms with E-state index in [-0.39, 0.29) is 6.61 Å². The van der Waals surface area contributed by atoms with E-state index in [4.69, 9.17) is 0 Å². The summed E-state index contributed by atoms with van der Waals surface area (Å²) in [4.78, 5) is 0.312. The van der Waals surface area contributed by atoms with Crippen LogP contribution in [-0.4, -0.2) is 19.8 Å². The largest absolute Gasteiger partial charge is 0.392 e. The molecule has 19 heavy (non-hydrogen) atoms. The maximum absolute atomic E-state index is 11.4. The van der Waals surface area contributed by atoms with Gasteiger partial charge in [-0.15, -0.1) is 0 Å². The molecular formula is C15H16O3S. The molecule has 2 aromatic rings. The molecule has 0 aromatic heterocycles. The molecule has 0 fully saturated rings. The van der Waals surface area contributed by atoms with Crippen LogP contribution in [0.3, 0.4) is 0 Å². The van der Waals surface area contributed by atoms with Crippen LogP contribution in [0.15, 0.2) is 47.4 Å². The van der Waals surface area contributed by atoms with E-state index >= 15 is 0 Å². The van der Waals surface area contributed by atoms with Gasteiger partial charge in [0.2, 0.25) is 0 Å². The molecule has 0 aliphatic heterocycles. The molecule has 0 aliphatic rings. The summed E-state index contributed by atoms with van der Waals surface area (Å²) in [5.41, 5.74) is 3.84. The first-order chi connectivity index (χ1) is 8.93. The average Bonchev–Trinajstić information content (AvgIpc) is 2.38. The molecule has 0 radical (unpaired) electrons. The van der Waals surface area contributed by atoms with Crippen LogP contribution in [0.2, 0.25) is 0 Å². The van der Waals surface area contributed by atoms with Crippen molar-refractivity contribution in [3.8, 4) is 11.1 Å². The Labute approximate surface area is 113 Å². The quantitative estimate of drug-likeness (QED) is 0.937. The van der Waals surface area contributed by atoms with E-state index in [0.29, 0.717) is 4.90 Å². The molecule has 0 amide bonds. The lowest BCUT2D eigenvalue weighted by Crippen LogP contribution is -1.97. The van der Waals surface area contributed by atoms with E-state index in [1.165, 1.54) is 6.26 Å². The van der Waals surface area contributed by atoms with E-state index in [0.717, 1.165) is 22.3 Å². The van der Waals surface area contributed by atoms with Gasteiger partial charge in [0.1, 0.15) is 0 Å². The third-order valence-electron chi connectivity index (χ3n) is 3.21. The highest BCUT2D eigenvalue weighted by Crippen LogP contribution is 2.26. The van der Waals surface area contributed by atoms with Crippen LogP contribution < -0.4 is 0 Å². The number of hydrogen-bond acceptors (Lipinski definition) is 3. The molecule has 0 saturated carbocycles.